The Labute approximate surface area is 171 Å². The Morgan fingerprint density at radius 2 is 1.85 bits per heavy atom. The van der Waals surface area contributed by atoms with Crippen molar-refractivity contribution in [1.29, 1.82) is 0 Å². The molecule has 2 aromatic carbocycles. The number of para-hydroxylation sites is 2. The van der Waals surface area contributed by atoms with E-state index >= 15 is 0 Å². The van der Waals surface area contributed by atoms with Gasteiger partial charge >= 0.3 is 0 Å². The summed E-state index contributed by atoms with van der Waals surface area (Å²) in [7, 11) is 3.91. The minimum absolute atomic E-state index is 0. The van der Waals surface area contributed by atoms with Crippen molar-refractivity contribution in [3.05, 3.63) is 65.5 Å². The smallest absolute Gasteiger partial charge is 0.194 e. The number of benzene rings is 2. The molecule has 1 aromatic heterocycles. The van der Waals surface area contributed by atoms with Crippen LogP contribution in [0, 0.1) is 0 Å². The van der Waals surface area contributed by atoms with Crippen molar-refractivity contribution in [3.8, 4) is 0 Å². The van der Waals surface area contributed by atoms with Gasteiger partial charge in [0.2, 0.25) is 0 Å². The van der Waals surface area contributed by atoms with Gasteiger partial charge in [0.25, 0.3) is 0 Å². The second-order valence-electron chi connectivity index (χ2n) is 6.42. The fourth-order valence-corrected chi connectivity index (χ4v) is 3.52. The van der Waals surface area contributed by atoms with Crippen molar-refractivity contribution in [2.45, 2.75) is 19.5 Å². The molecular weight excluding hydrogens is 437 g/mol. The molecule has 0 saturated carbocycles. The number of aromatic nitrogens is 2. The molecule has 1 N–H and O–H groups in total. The van der Waals surface area contributed by atoms with Crippen LogP contribution in [-0.2, 0) is 26.6 Å². The molecule has 0 aliphatic carbocycles. The number of rotatable bonds is 2. The average molecular weight is 461 g/mol. The summed E-state index contributed by atoms with van der Waals surface area (Å²) in [5, 5.41) is 3.48. The predicted octanol–water partition coefficient (Wildman–Crippen LogP) is 3.33. The Morgan fingerprint density at radius 1 is 1.12 bits per heavy atom. The zero-order chi connectivity index (χ0) is 17.2. The molecule has 0 bridgehead atoms. The molecule has 5 nitrogen and oxygen atoms in total. The number of nitrogens with zero attached hydrogens (tertiary/aromatic N) is 4. The lowest BCUT2D eigenvalue weighted by Crippen LogP contribution is -2.43. The van der Waals surface area contributed by atoms with Gasteiger partial charge in [0.05, 0.1) is 17.6 Å². The van der Waals surface area contributed by atoms with E-state index in [1.54, 1.807) is 0 Å². The summed E-state index contributed by atoms with van der Waals surface area (Å²) in [6, 6.07) is 16.9. The monoisotopic (exact) mass is 461 g/mol. The van der Waals surface area contributed by atoms with E-state index in [1.807, 2.05) is 19.2 Å². The standard InChI is InChI=1S/C20H23N5.HI/c1-21-20(25-12-11-15-7-3-4-8-16(15)14-25)22-13-19-23-17-9-5-6-10-18(17)24(19)2;/h3-10H,11-14H2,1-2H3,(H,21,22);1H. The maximum atomic E-state index is 4.73. The Bertz CT molecular complexity index is 931. The molecule has 3 aromatic rings. The highest BCUT2D eigenvalue weighted by molar-refractivity contribution is 14.0. The van der Waals surface area contributed by atoms with E-state index in [1.165, 1.54) is 11.1 Å². The zero-order valence-electron chi connectivity index (χ0n) is 15.1. The summed E-state index contributed by atoms with van der Waals surface area (Å²) in [5.74, 6) is 1.95. The summed E-state index contributed by atoms with van der Waals surface area (Å²) in [6.45, 7) is 2.55. The number of halogens is 1. The molecule has 0 saturated heterocycles. The second kappa shape index (κ2) is 8.07. The van der Waals surface area contributed by atoms with Crippen molar-refractivity contribution < 1.29 is 0 Å². The van der Waals surface area contributed by atoms with Crippen LogP contribution in [0.5, 0.6) is 0 Å². The molecule has 1 aliphatic rings. The maximum Gasteiger partial charge on any atom is 0.194 e. The van der Waals surface area contributed by atoms with Gasteiger partial charge in [-0.05, 0) is 29.7 Å². The van der Waals surface area contributed by atoms with E-state index in [4.69, 9.17) is 4.98 Å². The van der Waals surface area contributed by atoms with Crippen LogP contribution in [-0.4, -0.2) is 34.0 Å². The topological polar surface area (TPSA) is 45.5 Å². The molecule has 0 atom stereocenters. The molecular formula is C20H24IN5. The van der Waals surface area contributed by atoms with E-state index < -0.39 is 0 Å². The van der Waals surface area contributed by atoms with Gasteiger partial charge in [-0.3, -0.25) is 4.99 Å². The fraction of sp³-hybridized carbons (Fsp3) is 0.300. The third kappa shape index (κ3) is 3.56. The van der Waals surface area contributed by atoms with Gasteiger partial charge in [-0.25, -0.2) is 4.98 Å². The fourth-order valence-electron chi connectivity index (χ4n) is 3.52. The van der Waals surface area contributed by atoms with Gasteiger partial charge in [0, 0.05) is 27.2 Å². The molecule has 0 unspecified atom stereocenters. The molecule has 2 heterocycles. The second-order valence-corrected chi connectivity index (χ2v) is 6.42. The minimum Gasteiger partial charge on any atom is -0.349 e. The van der Waals surface area contributed by atoms with Crippen molar-refractivity contribution in [1.82, 2.24) is 19.8 Å². The number of imidazole rings is 1. The van der Waals surface area contributed by atoms with Gasteiger partial charge in [0.15, 0.2) is 5.96 Å². The van der Waals surface area contributed by atoms with Crippen LogP contribution in [0.25, 0.3) is 11.0 Å². The van der Waals surface area contributed by atoms with Gasteiger partial charge in [-0.2, -0.15) is 0 Å². The number of hydrogen-bond donors (Lipinski definition) is 1. The number of aliphatic imine (C=N–C) groups is 1. The van der Waals surface area contributed by atoms with Crippen LogP contribution < -0.4 is 5.32 Å². The van der Waals surface area contributed by atoms with Crippen LogP contribution in [0.3, 0.4) is 0 Å². The molecule has 0 fully saturated rings. The van der Waals surface area contributed by atoms with Crippen LogP contribution in [0.1, 0.15) is 17.0 Å². The predicted molar refractivity (Wildman–Crippen MR) is 117 cm³/mol. The highest BCUT2D eigenvalue weighted by atomic mass is 127. The molecule has 6 heteroatoms. The first kappa shape index (κ1) is 18.7. The lowest BCUT2D eigenvalue weighted by Gasteiger charge is -2.31. The summed E-state index contributed by atoms with van der Waals surface area (Å²) < 4.78 is 2.14. The molecule has 0 radical (unpaired) electrons. The first-order valence-corrected chi connectivity index (χ1v) is 8.69. The largest absolute Gasteiger partial charge is 0.349 e. The Kier molecular flexibility index (Phi) is 5.80. The first-order valence-electron chi connectivity index (χ1n) is 8.69. The Balaban J connectivity index is 0.00000196. The van der Waals surface area contributed by atoms with Crippen molar-refractivity contribution in [2.75, 3.05) is 13.6 Å². The minimum atomic E-state index is 0. The summed E-state index contributed by atoms with van der Waals surface area (Å²) in [4.78, 5) is 11.5. The quantitative estimate of drug-likeness (QED) is 0.362. The molecule has 0 spiro atoms. The van der Waals surface area contributed by atoms with Gasteiger partial charge in [0.1, 0.15) is 5.82 Å². The van der Waals surface area contributed by atoms with E-state index in [-0.39, 0.29) is 24.0 Å². The first-order chi connectivity index (χ1) is 12.3. The summed E-state index contributed by atoms with van der Waals surface area (Å²) >= 11 is 0. The number of nitrogens with one attached hydrogen (secondary N) is 1. The van der Waals surface area contributed by atoms with E-state index in [0.717, 1.165) is 42.3 Å². The van der Waals surface area contributed by atoms with Gasteiger partial charge < -0.3 is 14.8 Å². The van der Waals surface area contributed by atoms with E-state index in [2.05, 4.69) is 63.2 Å². The van der Waals surface area contributed by atoms with E-state index in [9.17, 15) is 0 Å². The SMILES string of the molecule is CN=C(NCc1nc2ccccc2n1C)N1CCc2ccccc2C1.I. The van der Waals surface area contributed by atoms with Crippen LogP contribution >= 0.6 is 24.0 Å². The molecule has 1 aliphatic heterocycles. The van der Waals surface area contributed by atoms with Crippen LogP contribution in [0.15, 0.2) is 53.5 Å². The number of guanidine groups is 1. The normalized spacial score (nSPS) is 14.1. The number of hydrogen-bond acceptors (Lipinski definition) is 2. The third-order valence-corrected chi connectivity index (χ3v) is 4.93. The van der Waals surface area contributed by atoms with Crippen LogP contribution in [0.2, 0.25) is 0 Å². The molecule has 136 valence electrons. The van der Waals surface area contributed by atoms with Crippen LogP contribution in [0.4, 0.5) is 0 Å². The van der Waals surface area contributed by atoms with E-state index in [0.29, 0.717) is 6.54 Å². The van der Waals surface area contributed by atoms with Crippen molar-refractivity contribution in [3.63, 3.8) is 0 Å². The third-order valence-electron chi connectivity index (χ3n) is 4.93. The van der Waals surface area contributed by atoms with Crippen molar-refractivity contribution in [2.24, 2.45) is 12.0 Å². The number of fused-ring (bicyclic) bond motifs is 2. The summed E-state index contributed by atoms with van der Waals surface area (Å²) in [5.41, 5.74) is 5.02. The van der Waals surface area contributed by atoms with Gasteiger partial charge in [-0.15, -0.1) is 24.0 Å². The van der Waals surface area contributed by atoms with Gasteiger partial charge in [-0.1, -0.05) is 36.4 Å². The summed E-state index contributed by atoms with van der Waals surface area (Å²) in [6.07, 6.45) is 1.06. The zero-order valence-corrected chi connectivity index (χ0v) is 17.5. The lowest BCUT2D eigenvalue weighted by molar-refractivity contribution is 0.378. The molecule has 4 rings (SSSR count). The molecule has 26 heavy (non-hydrogen) atoms. The lowest BCUT2D eigenvalue weighted by atomic mass is 10.0. The maximum absolute atomic E-state index is 4.73. The van der Waals surface area contributed by atoms with Crippen molar-refractivity contribution >= 4 is 41.0 Å². The number of aryl methyl sites for hydroxylation is 1. The average Bonchev–Trinajstić information content (AvgIpc) is 2.98. The molecule has 0 amide bonds. The Morgan fingerprint density at radius 3 is 2.62 bits per heavy atom. The highest BCUT2D eigenvalue weighted by Crippen LogP contribution is 2.19. The Hall–Kier alpha value is -2.09. The highest BCUT2D eigenvalue weighted by Gasteiger charge is 2.19.